The maximum Gasteiger partial charge on any atom is 0.209 e. The van der Waals surface area contributed by atoms with Crippen molar-refractivity contribution in [2.24, 2.45) is 0 Å². The van der Waals surface area contributed by atoms with Gasteiger partial charge in [-0.25, -0.2) is 0 Å². The van der Waals surface area contributed by atoms with Crippen LogP contribution in [-0.4, -0.2) is 24.9 Å². The predicted molar refractivity (Wildman–Crippen MR) is 70.5 cm³/mol. The molecule has 0 aliphatic rings. The Balaban J connectivity index is 2.96. The molecular formula is C14H29NO. The van der Waals surface area contributed by atoms with E-state index in [4.69, 9.17) is 0 Å². The summed E-state index contributed by atoms with van der Waals surface area (Å²) in [6, 6.07) is 0. The van der Waals surface area contributed by atoms with E-state index in [9.17, 15) is 4.79 Å². The van der Waals surface area contributed by atoms with Crippen LogP contribution in [0.1, 0.15) is 71.1 Å². The van der Waals surface area contributed by atoms with Crippen molar-refractivity contribution in [3.8, 4) is 0 Å². The maximum absolute atomic E-state index is 10.3. The Bertz CT molecular complexity index is 148. The van der Waals surface area contributed by atoms with Gasteiger partial charge in [-0.15, -0.1) is 0 Å². The van der Waals surface area contributed by atoms with E-state index in [0.29, 0.717) is 0 Å². The Morgan fingerprint density at radius 1 is 0.812 bits per heavy atom. The minimum Gasteiger partial charge on any atom is -0.348 e. The molecule has 0 N–H and O–H groups in total. The molecule has 0 aliphatic heterocycles. The minimum atomic E-state index is 0.910. The average Bonchev–Trinajstić information content (AvgIpc) is 2.31. The molecule has 0 fully saturated rings. The molecule has 16 heavy (non-hydrogen) atoms. The fourth-order valence-electron chi connectivity index (χ4n) is 1.90. The highest BCUT2D eigenvalue weighted by Gasteiger charge is 1.94. The van der Waals surface area contributed by atoms with Crippen molar-refractivity contribution in [3.63, 3.8) is 0 Å². The molecule has 0 rings (SSSR count). The van der Waals surface area contributed by atoms with Gasteiger partial charge in [-0.3, -0.25) is 4.79 Å². The van der Waals surface area contributed by atoms with E-state index in [-0.39, 0.29) is 0 Å². The summed E-state index contributed by atoms with van der Waals surface area (Å²) in [5.74, 6) is 0. The monoisotopic (exact) mass is 227 g/mol. The Morgan fingerprint density at radius 3 is 1.69 bits per heavy atom. The first-order chi connectivity index (χ1) is 7.81. The summed E-state index contributed by atoms with van der Waals surface area (Å²) in [5.41, 5.74) is 0. The third kappa shape index (κ3) is 11.5. The number of rotatable bonds is 12. The van der Waals surface area contributed by atoms with Gasteiger partial charge in [-0.1, -0.05) is 64.7 Å². The summed E-state index contributed by atoms with van der Waals surface area (Å²) in [6.45, 7) is 3.18. The highest BCUT2D eigenvalue weighted by Crippen LogP contribution is 2.10. The number of carbonyl (C=O) groups is 1. The second-order valence-electron chi connectivity index (χ2n) is 4.77. The van der Waals surface area contributed by atoms with Crippen LogP contribution < -0.4 is 0 Å². The second-order valence-corrected chi connectivity index (χ2v) is 4.77. The van der Waals surface area contributed by atoms with Crippen molar-refractivity contribution >= 4 is 6.41 Å². The number of unbranched alkanes of at least 4 members (excludes halogenated alkanes) is 9. The Labute approximate surface area is 101 Å². The van der Waals surface area contributed by atoms with Crippen molar-refractivity contribution in [2.75, 3.05) is 13.6 Å². The van der Waals surface area contributed by atoms with Crippen molar-refractivity contribution in [1.82, 2.24) is 4.90 Å². The topological polar surface area (TPSA) is 20.3 Å². The molecule has 0 saturated carbocycles. The van der Waals surface area contributed by atoms with Gasteiger partial charge < -0.3 is 4.90 Å². The van der Waals surface area contributed by atoms with Crippen molar-refractivity contribution in [3.05, 3.63) is 0 Å². The van der Waals surface area contributed by atoms with Gasteiger partial charge >= 0.3 is 0 Å². The van der Waals surface area contributed by atoms with E-state index >= 15 is 0 Å². The van der Waals surface area contributed by atoms with Gasteiger partial charge in [0.1, 0.15) is 0 Å². The van der Waals surface area contributed by atoms with Crippen LogP contribution in [0.15, 0.2) is 0 Å². The molecule has 2 nitrogen and oxygen atoms in total. The summed E-state index contributed by atoms with van der Waals surface area (Å²) in [5, 5.41) is 0. The van der Waals surface area contributed by atoms with Gasteiger partial charge in [0.2, 0.25) is 6.41 Å². The molecule has 0 heterocycles. The predicted octanol–water partition coefficient (Wildman–Crippen LogP) is 4.00. The zero-order chi connectivity index (χ0) is 12.1. The smallest absolute Gasteiger partial charge is 0.209 e. The maximum atomic E-state index is 10.3. The number of carbonyl (C=O) groups excluding carboxylic acids is 1. The molecule has 0 radical (unpaired) electrons. The van der Waals surface area contributed by atoms with E-state index in [2.05, 4.69) is 6.92 Å². The summed E-state index contributed by atoms with van der Waals surface area (Å²) < 4.78 is 0. The van der Waals surface area contributed by atoms with Crippen LogP contribution >= 0.6 is 0 Å². The number of hydrogen-bond donors (Lipinski definition) is 0. The lowest BCUT2D eigenvalue weighted by Gasteiger charge is -2.09. The highest BCUT2D eigenvalue weighted by atomic mass is 16.1. The van der Waals surface area contributed by atoms with E-state index in [0.717, 1.165) is 19.4 Å². The number of nitrogens with zero attached hydrogens (tertiary/aromatic N) is 1. The highest BCUT2D eigenvalue weighted by molar-refractivity contribution is 5.46. The Kier molecular flexibility index (Phi) is 12.1. The van der Waals surface area contributed by atoms with Gasteiger partial charge in [-0.05, 0) is 6.42 Å². The molecule has 0 saturated heterocycles. The first kappa shape index (κ1) is 15.5. The Hall–Kier alpha value is -0.530. The fourth-order valence-corrected chi connectivity index (χ4v) is 1.90. The van der Waals surface area contributed by atoms with E-state index < -0.39 is 0 Å². The quantitative estimate of drug-likeness (QED) is 0.364. The van der Waals surface area contributed by atoms with Gasteiger partial charge in [0.25, 0.3) is 0 Å². The largest absolute Gasteiger partial charge is 0.348 e. The third-order valence-electron chi connectivity index (χ3n) is 3.04. The fraction of sp³-hybridized carbons (Fsp3) is 0.929. The molecule has 0 atom stereocenters. The lowest BCUT2D eigenvalue weighted by Crippen LogP contribution is -2.16. The zero-order valence-corrected chi connectivity index (χ0v) is 11.2. The minimum absolute atomic E-state index is 0.910. The number of amides is 1. The lowest BCUT2D eigenvalue weighted by atomic mass is 10.1. The summed E-state index contributed by atoms with van der Waals surface area (Å²) in [6.07, 6.45) is 14.4. The van der Waals surface area contributed by atoms with E-state index in [1.807, 2.05) is 7.05 Å². The first-order valence-corrected chi connectivity index (χ1v) is 6.96. The third-order valence-corrected chi connectivity index (χ3v) is 3.04. The second kappa shape index (κ2) is 12.5. The van der Waals surface area contributed by atoms with Gasteiger partial charge in [0, 0.05) is 13.6 Å². The number of hydrogen-bond acceptors (Lipinski definition) is 1. The molecule has 0 spiro atoms. The van der Waals surface area contributed by atoms with Gasteiger partial charge in [0.15, 0.2) is 0 Å². The molecule has 1 amide bonds. The summed E-state index contributed by atoms with van der Waals surface area (Å²) in [7, 11) is 1.85. The first-order valence-electron chi connectivity index (χ1n) is 6.96. The van der Waals surface area contributed by atoms with Crippen LogP contribution in [0.25, 0.3) is 0 Å². The van der Waals surface area contributed by atoms with Crippen LogP contribution in [0.2, 0.25) is 0 Å². The molecule has 0 aliphatic carbocycles. The van der Waals surface area contributed by atoms with Crippen LogP contribution in [-0.2, 0) is 4.79 Å². The van der Waals surface area contributed by atoms with Gasteiger partial charge in [-0.2, -0.15) is 0 Å². The molecule has 0 aromatic rings. The van der Waals surface area contributed by atoms with Crippen LogP contribution in [0, 0.1) is 0 Å². The SMILES string of the molecule is CCCCCCCCCCCCN(C)C=O. The van der Waals surface area contributed by atoms with Crippen molar-refractivity contribution < 1.29 is 4.79 Å². The average molecular weight is 227 g/mol. The van der Waals surface area contributed by atoms with Crippen molar-refractivity contribution in [1.29, 1.82) is 0 Å². The van der Waals surface area contributed by atoms with Crippen LogP contribution in [0.5, 0.6) is 0 Å². The molecule has 2 heteroatoms. The molecule has 0 aromatic heterocycles. The zero-order valence-electron chi connectivity index (χ0n) is 11.2. The molecule has 0 bridgehead atoms. The van der Waals surface area contributed by atoms with Gasteiger partial charge in [0.05, 0.1) is 0 Å². The normalized spacial score (nSPS) is 10.4. The summed E-state index contributed by atoms with van der Waals surface area (Å²) in [4.78, 5) is 12.0. The summed E-state index contributed by atoms with van der Waals surface area (Å²) >= 11 is 0. The van der Waals surface area contributed by atoms with Crippen molar-refractivity contribution in [2.45, 2.75) is 71.1 Å². The Morgan fingerprint density at radius 2 is 1.25 bits per heavy atom. The van der Waals surface area contributed by atoms with Crippen LogP contribution in [0.4, 0.5) is 0 Å². The molecular weight excluding hydrogens is 198 g/mol. The van der Waals surface area contributed by atoms with Crippen LogP contribution in [0.3, 0.4) is 0 Å². The molecule has 0 aromatic carbocycles. The standard InChI is InChI=1S/C14H29NO/c1-3-4-5-6-7-8-9-10-11-12-13-15(2)14-16/h14H,3-13H2,1-2H3. The molecule has 0 unspecified atom stereocenters. The van der Waals surface area contributed by atoms with E-state index in [1.54, 1.807) is 4.90 Å². The lowest BCUT2D eigenvalue weighted by molar-refractivity contribution is -0.117. The van der Waals surface area contributed by atoms with E-state index in [1.165, 1.54) is 57.8 Å². The molecule has 96 valence electrons.